The van der Waals surface area contributed by atoms with Crippen LogP contribution in [0.5, 0.6) is 11.5 Å². The topological polar surface area (TPSA) is 76.6 Å². The quantitative estimate of drug-likeness (QED) is 0.714. The van der Waals surface area contributed by atoms with Gasteiger partial charge in [-0.25, -0.2) is 0 Å². The van der Waals surface area contributed by atoms with E-state index in [1.807, 2.05) is 12.1 Å². The Bertz CT molecular complexity index is 999. The number of rotatable bonds is 5. The second kappa shape index (κ2) is 8.18. The molecule has 1 N–H and O–H groups in total. The summed E-state index contributed by atoms with van der Waals surface area (Å²) in [5, 5.41) is 11.3. The maximum absolute atomic E-state index is 12.8. The molecular formula is C22H22N4O3. The maximum atomic E-state index is 12.8. The summed E-state index contributed by atoms with van der Waals surface area (Å²) < 4.78 is 10.6. The molecule has 7 nitrogen and oxygen atoms in total. The Morgan fingerprint density at radius 3 is 2.41 bits per heavy atom. The average Bonchev–Trinajstić information content (AvgIpc) is 2.78. The first-order chi connectivity index (χ1) is 14.2. The number of benzene rings is 2. The van der Waals surface area contributed by atoms with Crippen molar-refractivity contribution in [2.75, 3.05) is 31.0 Å². The predicted octanol–water partition coefficient (Wildman–Crippen LogP) is 3.83. The molecule has 0 bridgehead atoms. The number of nitrogens with one attached hydrogen (secondary N) is 1. The zero-order valence-corrected chi connectivity index (χ0v) is 16.4. The van der Waals surface area contributed by atoms with Gasteiger partial charge >= 0.3 is 0 Å². The van der Waals surface area contributed by atoms with Crippen molar-refractivity contribution >= 4 is 23.2 Å². The van der Waals surface area contributed by atoms with Crippen LogP contribution in [0, 0.1) is 0 Å². The van der Waals surface area contributed by atoms with Crippen LogP contribution >= 0.6 is 0 Å². The predicted molar refractivity (Wildman–Crippen MR) is 111 cm³/mol. The second-order valence-corrected chi connectivity index (χ2v) is 6.65. The molecule has 0 radical (unpaired) electrons. The van der Waals surface area contributed by atoms with Crippen LogP contribution in [0.25, 0.3) is 0 Å². The molecule has 1 aliphatic rings. The number of carbonyl (C=O) groups excluding carboxylic acids is 1. The molecule has 0 aliphatic carbocycles. The number of carbonyl (C=O) groups is 1. The van der Waals surface area contributed by atoms with Crippen LogP contribution in [0.15, 0.2) is 54.6 Å². The van der Waals surface area contributed by atoms with E-state index in [1.165, 1.54) is 19.8 Å². The maximum Gasteiger partial charge on any atom is 0.264 e. The van der Waals surface area contributed by atoms with Gasteiger partial charge in [-0.15, -0.1) is 10.2 Å². The van der Waals surface area contributed by atoms with Crippen LogP contribution in [0.1, 0.15) is 22.3 Å². The largest absolute Gasteiger partial charge is 0.496 e. The van der Waals surface area contributed by atoms with E-state index in [1.54, 1.807) is 24.3 Å². The molecular weight excluding hydrogens is 368 g/mol. The van der Waals surface area contributed by atoms with Crippen LogP contribution in [0.3, 0.4) is 0 Å². The number of anilines is 3. The number of amides is 1. The number of hydrogen-bond donors (Lipinski definition) is 1. The number of aryl methyl sites for hydroxylation is 1. The standard InChI is InChI=1S/C22H22N4O3/c1-28-17-10-5-11-18(29-2)21(17)22(27)23-19-12-13-20(25-24-19)26-14-6-8-15-7-3-4-9-16(15)26/h3-5,7,9-13H,6,8,14H2,1-2H3,(H,23,24,27). The zero-order chi connectivity index (χ0) is 20.2. The molecule has 2 heterocycles. The Morgan fingerprint density at radius 2 is 1.72 bits per heavy atom. The van der Waals surface area contributed by atoms with E-state index in [0.29, 0.717) is 22.9 Å². The smallest absolute Gasteiger partial charge is 0.264 e. The molecule has 1 aromatic heterocycles. The van der Waals surface area contributed by atoms with E-state index in [9.17, 15) is 4.79 Å². The van der Waals surface area contributed by atoms with Gasteiger partial charge in [0.2, 0.25) is 0 Å². The number of fused-ring (bicyclic) bond motifs is 1. The molecule has 0 fully saturated rings. The van der Waals surface area contributed by atoms with E-state index < -0.39 is 0 Å². The lowest BCUT2D eigenvalue weighted by Gasteiger charge is -2.29. The third-order valence-electron chi connectivity index (χ3n) is 4.93. The fourth-order valence-electron chi connectivity index (χ4n) is 3.56. The fraction of sp³-hybridized carbons (Fsp3) is 0.227. The summed E-state index contributed by atoms with van der Waals surface area (Å²) in [7, 11) is 3.02. The Labute approximate surface area is 169 Å². The number of aromatic nitrogens is 2. The molecule has 29 heavy (non-hydrogen) atoms. The average molecular weight is 390 g/mol. The molecule has 0 saturated heterocycles. The van der Waals surface area contributed by atoms with Gasteiger partial charge in [-0.1, -0.05) is 24.3 Å². The highest BCUT2D eigenvalue weighted by molar-refractivity contribution is 6.07. The SMILES string of the molecule is COc1cccc(OC)c1C(=O)Nc1ccc(N2CCCc3ccccc32)nn1. The lowest BCUT2D eigenvalue weighted by atomic mass is 10.0. The molecule has 3 aromatic rings. The molecule has 148 valence electrons. The molecule has 1 amide bonds. The first-order valence-corrected chi connectivity index (χ1v) is 9.43. The number of ether oxygens (including phenoxy) is 2. The third-order valence-corrected chi connectivity index (χ3v) is 4.93. The lowest BCUT2D eigenvalue weighted by Crippen LogP contribution is -2.25. The van der Waals surface area contributed by atoms with Gasteiger partial charge in [-0.3, -0.25) is 4.79 Å². The summed E-state index contributed by atoms with van der Waals surface area (Å²) in [5.41, 5.74) is 2.78. The normalized spacial score (nSPS) is 12.8. The van der Waals surface area contributed by atoms with E-state index in [0.717, 1.165) is 30.9 Å². The lowest BCUT2D eigenvalue weighted by molar-refractivity contribution is 0.102. The fourth-order valence-corrected chi connectivity index (χ4v) is 3.56. The second-order valence-electron chi connectivity index (χ2n) is 6.65. The van der Waals surface area contributed by atoms with Gasteiger partial charge < -0.3 is 19.7 Å². The number of methoxy groups -OCH3 is 2. The van der Waals surface area contributed by atoms with Crippen molar-refractivity contribution in [2.45, 2.75) is 12.8 Å². The van der Waals surface area contributed by atoms with Crippen molar-refractivity contribution in [3.8, 4) is 11.5 Å². The summed E-state index contributed by atoms with van der Waals surface area (Å²) in [6.45, 7) is 0.885. The summed E-state index contributed by atoms with van der Waals surface area (Å²) in [5.74, 6) is 1.60. The van der Waals surface area contributed by atoms with Gasteiger partial charge in [-0.05, 0) is 48.7 Å². The minimum atomic E-state index is -0.371. The van der Waals surface area contributed by atoms with Crippen molar-refractivity contribution in [1.82, 2.24) is 10.2 Å². The van der Waals surface area contributed by atoms with Crippen LogP contribution < -0.4 is 19.7 Å². The Morgan fingerprint density at radius 1 is 0.966 bits per heavy atom. The Hall–Kier alpha value is -3.61. The van der Waals surface area contributed by atoms with Crippen molar-refractivity contribution in [3.63, 3.8) is 0 Å². The van der Waals surface area contributed by atoms with E-state index in [-0.39, 0.29) is 5.91 Å². The molecule has 0 unspecified atom stereocenters. The molecule has 1 aliphatic heterocycles. The summed E-state index contributed by atoms with van der Waals surface area (Å²) >= 11 is 0. The summed E-state index contributed by atoms with van der Waals surface area (Å²) in [6, 6.07) is 17.1. The molecule has 0 saturated carbocycles. The minimum absolute atomic E-state index is 0.313. The third kappa shape index (κ3) is 3.71. The van der Waals surface area contributed by atoms with Gasteiger partial charge in [0, 0.05) is 12.2 Å². The van der Waals surface area contributed by atoms with Gasteiger partial charge in [0.1, 0.15) is 17.1 Å². The molecule has 0 spiro atoms. The van der Waals surface area contributed by atoms with Crippen LogP contribution in [0.2, 0.25) is 0 Å². The first kappa shape index (κ1) is 18.7. The monoisotopic (exact) mass is 390 g/mol. The van der Waals surface area contributed by atoms with Crippen LogP contribution in [0.4, 0.5) is 17.3 Å². The van der Waals surface area contributed by atoms with Crippen molar-refractivity contribution in [2.24, 2.45) is 0 Å². The Kier molecular flexibility index (Phi) is 5.29. The van der Waals surface area contributed by atoms with E-state index in [4.69, 9.17) is 9.47 Å². The van der Waals surface area contributed by atoms with Crippen molar-refractivity contribution in [1.29, 1.82) is 0 Å². The highest BCUT2D eigenvalue weighted by Gasteiger charge is 2.21. The molecule has 7 heteroatoms. The molecule has 4 rings (SSSR count). The van der Waals surface area contributed by atoms with Gasteiger partial charge in [0.15, 0.2) is 11.6 Å². The van der Waals surface area contributed by atoms with E-state index in [2.05, 4.69) is 38.6 Å². The zero-order valence-electron chi connectivity index (χ0n) is 16.4. The summed E-state index contributed by atoms with van der Waals surface area (Å²) in [6.07, 6.45) is 2.12. The summed E-state index contributed by atoms with van der Waals surface area (Å²) in [4.78, 5) is 14.9. The number of nitrogens with zero attached hydrogens (tertiary/aromatic N) is 3. The van der Waals surface area contributed by atoms with Gasteiger partial charge in [-0.2, -0.15) is 0 Å². The van der Waals surface area contributed by atoms with E-state index >= 15 is 0 Å². The highest BCUT2D eigenvalue weighted by atomic mass is 16.5. The highest BCUT2D eigenvalue weighted by Crippen LogP contribution is 2.32. The van der Waals surface area contributed by atoms with Crippen molar-refractivity contribution < 1.29 is 14.3 Å². The Balaban J connectivity index is 1.55. The minimum Gasteiger partial charge on any atom is -0.496 e. The number of para-hydroxylation sites is 1. The van der Waals surface area contributed by atoms with Gasteiger partial charge in [0.05, 0.1) is 14.2 Å². The van der Waals surface area contributed by atoms with Crippen LogP contribution in [-0.4, -0.2) is 36.9 Å². The van der Waals surface area contributed by atoms with Gasteiger partial charge in [0.25, 0.3) is 5.91 Å². The van der Waals surface area contributed by atoms with Crippen LogP contribution in [-0.2, 0) is 6.42 Å². The number of hydrogen-bond acceptors (Lipinski definition) is 6. The van der Waals surface area contributed by atoms with Crippen molar-refractivity contribution in [3.05, 3.63) is 65.7 Å². The molecule has 2 aromatic carbocycles. The molecule has 0 atom stereocenters. The first-order valence-electron chi connectivity index (χ1n) is 9.43.